The Labute approximate surface area is 222 Å². The predicted octanol–water partition coefficient (Wildman–Crippen LogP) is 6.74. The Balaban J connectivity index is 1.08. The molecule has 1 unspecified atom stereocenters. The van der Waals surface area contributed by atoms with Gasteiger partial charge in [0.15, 0.2) is 6.61 Å². The van der Waals surface area contributed by atoms with Gasteiger partial charge in [-0.3, -0.25) is 4.79 Å². The van der Waals surface area contributed by atoms with Crippen molar-refractivity contribution < 1.29 is 18.7 Å². The van der Waals surface area contributed by atoms with Crippen molar-refractivity contribution >= 4 is 34.6 Å². The van der Waals surface area contributed by atoms with E-state index in [1.54, 1.807) is 11.8 Å². The molecule has 1 amide bonds. The predicted molar refractivity (Wildman–Crippen MR) is 146 cm³/mol. The minimum atomic E-state index is -0.580. The fourth-order valence-corrected chi connectivity index (χ4v) is 8.61. The van der Waals surface area contributed by atoms with E-state index in [0.29, 0.717) is 11.3 Å². The van der Waals surface area contributed by atoms with Gasteiger partial charge in [-0.2, -0.15) is 11.8 Å². The molecule has 1 N–H and O–H groups in total. The fourth-order valence-electron chi connectivity index (χ4n) is 7.59. The van der Waals surface area contributed by atoms with Gasteiger partial charge in [-0.05, 0) is 80.2 Å². The summed E-state index contributed by atoms with van der Waals surface area (Å²) in [6, 6.07) is 18.0. The number of carbonyl (C=O) groups excluding carboxylic acids is 2. The van der Waals surface area contributed by atoms with Crippen molar-refractivity contribution in [1.29, 1.82) is 0 Å². The second-order valence-corrected chi connectivity index (χ2v) is 12.5. The highest BCUT2D eigenvalue weighted by atomic mass is 32.2. The molecular weight excluding hydrogens is 482 g/mol. The number of carbonyl (C=O) groups is 2. The summed E-state index contributed by atoms with van der Waals surface area (Å²) in [5, 5.41) is 4.10. The largest absolute Gasteiger partial charge is 0.450 e. The van der Waals surface area contributed by atoms with E-state index >= 15 is 0 Å². The van der Waals surface area contributed by atoms with Crippen LogP contribution in [0.3, 0.4) is 0 Å². The molecule has 4 fully saturated rings. The molecule has 4 aliphatic rings. The summed E-state index contributed by atoms with van der Waals surface area (Å²) in [5.41, 5.74) is 2.93. The smallest absolute Gasteiger partial charge is 0.375 e. The summed E-state index contributed by atoms with van der Waals surface area (Å²) in [5.74, 6) is 3.32. The van der Waals surface area contributed by atoms with Crippen molar-refractivity contribution in [2.75, 3.05) is 6.61 Å². The first-order valence-electron chi connectivity index (χ1n) is 13.6. The number of rotatable bonds is 9. The van der Waals surface area contributed by atoms with Gasteiger partial charge in [0.25, 0.3) is 5.91 Å². The van der Waals surface area contributed by atoms with Crippen LogP contribution in [0.5, 0.6) is 0 Å². The standard InChI is InChI=1S/C31H35NO4S/c1-20(31-14-22-11-23(15-31)13-24(12-22)16-31)32-28(33)17-35-30(34)29-26(25-9-5-6-10-27(25)36-29)19-37-18-21-7-3-2-4-8-21/h2-10,20,22-24H,11-19H2,1H3,(H,32,33). The van der Waals surface area contributed by atoms with Crippen LogP contribution in [0.1, 0.15) is 67.1 Å². The summed E-state index contributed by atoms with van der Waals surface area (Å²) < 4.78 is 11.4. The fraction of sp³-hybridized carbons (Fsp3) is 0.484. The van der Waals surface area contributed by atoms with Crippen molar-refractivity contribution in [3.8, 4) is 0 Å². The molecule has 3 aromatic rings. The lowest BCUT2D eigenvalue weighted by Gasteiger charge is -2.59. The van der Waals surface area contributed by atoms with E-state index < -0.39 is 5.97 Å². The van der Waals surface area contributed by atoms with E-state index in [1.165, 1.54) is 44.1 Å². The molecule has 1 heterocycles. The number of thioether (sulfide) groups is 1. The molecule has 1 atom stereocenters. The first kappa shape index (κ1) is 24.6. The monoisotopic (exact) mass is 517 g/mol. The Morgan fingerprint density at radius 3 is 2.32 bits per heavy atom. The number of amides is 1. The number of nitrogens with one attached hydrogen (secondary N) is 1. The van der Waals surface area contributed by atoms with Crippen LogP contribution >= 0.6 is 11.8 Å². The van der Waals surface area contributed by atoms with Gasteiger partial charge in [0.1, 0.15) is 5.58 Å². The van der Waals surface area contributed by atoms with Gasteiger partial charge in [-0.1, -0.05) is 48.5 Å². The van der Waals surface area contributed by atoms with E-state index in [9.17, 15) is 9.59 Å². The van der Waals surface area contributed by atoms with Gasteiger partial charge in [0.2, 0.25) is 5.76 Å². The average molecular weight is 518 g/mol. The lowest BCUT2D eigenvalue weighted by atomic mass is 9.48. The topological polar surface area (TPSA) is 68.5 Å². The average Bonchev–Trinajstić information content (AvgIpc) is 3.26. The summed E-state index contributed by atoms with van der Waals surface area (Å²) in [6.45, 7) is 1.86. The van der Waals surface area contributed by atoms with Crippen LogP contribution in [0.4, 0.5) is 0 Å². The lowest BCUT2D eigenvalue weighted by Crippen LogP contribution is -2.56. The van der Waals surface area contributed by atoms with Crippen molar-refractivity contribution in [2.45, 2.75) is 63.0 Å². The normalized spacial score (nSPS) is 26.8. The molecule has 0 radical (unpaired) electrons. The molecule has 37 heavy (non-hydrogen) atoms. The molecular formula is C31H35NO4S. The van der Waals surface area contributed by atoms with Crippen LogP contribution in [-0.2, 0) is 21.0 Å². The van der Waals surface area contributed by atoms with Crippen molar-refractivity contribution in [1.82, 2.24) is 5.32 Å². The Morgan fingerprint density at radius 1 is 0.973 bits per heavy atom. The first-order chi connectivity index (χ1) is 18.0. The maximum Gasteiger partial charge on any atom is 0.375 e. The van der Waals surface area contributed by atoms with Gasteiger partial charge >= 0.3 is 5.97 Å². The zero-order valence-corrected chi connectivity index (χ0v) is 22.2. The minimum Gasteiger partial charge on any atom is -0.450 e. The number of para-hydroxylation sites is 1. The third kappa shape index (κ3) is 5.05. The SMILES string of the molecule is CC(NC(=O)COC(=O)c1oc2ccccc2c1CSCc1ccccc1)C12CC3CC(CC(C3)C1)C2. The number of hydrogen-bond acceptors (Lipinski definition) is 5. The molecule has 0 saturated heterocycles. The highest BCUT2D eigenvalue weighted by molar-refractivity contribution is 7.97. The number of benzene rings is 2. The van der Waals surface area contributed by atoms with E-state index in [4.69, 9.17) is 9.15 Å². The van der Waals surface area contributed by atoms with Gasteiger partial charge in [-0.15, -0.1) is 0 Å². The van der Waals surface area contributed by atoms with Crippen LogP contribution in [0, 0.1) is 23.2 Å². The molecule has 1 aromatic heterocycles. The summed E-state index contributed by atoms with van der Waals surface area (Å²) in [7, 11) is 0. The molecule has 5 nitrogen and oxygen atoms in total. The van der Waals surface area contributed by atoms with E-state index in [0.717, 1.165) is 34.5 Å². The molecule has 194 valence electrons. The summed E-state index contributed by atoms with van der Waals surface area (Å²) in [4.78, 5) is 25.9. The third-order valence-electron chi connectivity index (χ3n) is 8.96. The highest BCUT2D eigenvalue weighted by Gasteiger charge is 2.53. The maximum absolute atomic E-state index is 13.1. The zero-order valence-electron chi connectivity index (χ0n) is 21.4. The van der Waals surface area contributed by atoms with Gasteiger partial charge in [0.05, 0.1) is 0 Å². The van der Waals surface area contributed by atoms with Crippen molar-refractivity contribution in [3.05, 3.63) is 71.5 Å². The number of fused-ring (bicyclic) bond motifs is 1. The van der Waals surface area contributed by atoms with Crippen LogP contribution in [0.15, 0.2) is 59.0 Å². The van der Waals surface area contributed by atoms with Crippen molar-refractivity contribution in [3.63, 3.8) is 0 Å². The van der Waals surface area contributed by atoms with Crippen LogP contribution < -0.4 is 5.32 Å². The lowest BCUT2D eigenvalue weighted by molar-refractivity contribution is -0.128. The quantitative estimate of drug-likeness (QED) is 0.318. The molecule has 0 spiro atoms. The Hall–Kier alpha value is -2.73. The summed E-state index contributed by atoms with van der Waals surface area (Å²) >= 11 is 1.72. The first-order valence-corrected chi connectivity index (χ1v) is 14.7. The molecule has 7 rings (SSSR count). The zero-order chi connectivity index (χ0) is 25.4. The van der Waals surface area contributed by atoms with Crippen molar-refractivity contribution in [2.24, 2.45) is 23.2 Å². The van der Waals surface area contributed by atoms with Crippen LogP contribution in [0.2, 0.25) is 0 Å². The number of ether oxygens (including phenoxy) is 1. The molecule has 6 heteroatoms. The van der Waals surface area contributed by atoms with E-state index in [2.05, 4.69) is 24.4 Å². The molecule has 4 aliphatic carbocycles. The summed E-state index contributed by atoms with van der Waals surface area (Å²) in [6.07, 6.45) is 7.80. The molecule has 4 saturated carbocycles. The Morgan fingerprint density at radius 2 is 1.62 bits per heavy atom. The van der Waals surface area contributed by atoms with E-state index in [1.807, 2.05) is 42.5 Å². The molecule has 2 aromatic carbocycles. The highest BCUT2D eigenvalue weighted by Crippen LogP contribution is 2.61. The second kappa shape index (κ2) is 10.2. The number of furan rings is 1. The molecule has 4 bridgehead atoms. The number of esters is 1. The third-order valence-corrected chi connectivity index (χ3v) is 9.99. The van der Waals surface area contributed by atoms with E-state index in [-0.39, 0.29) is 29.7 Å². The van der Waals surface area contributed by atoms with Gasteiger partial charge in [0, 0.05) is 28.5 Å². The van der Waals surface area contributed by atoms with Gasteiger partial charge < -0.3 is 14.5 Å². The maximum atomic E-state index is 13.1. The number of hydrogen-bond donors (Lipinski definition) is 1. The minimum absolute atomic E-state index is 0.100. The molecule has 0 aliphatic heterocycles. The second-order valence-electron chi connectivity index (χ2n) is 11.5. The van der Waals surface area contributed by atoms with Crippen LogP contribution in [0.25, 0.3) is 11.0 Å². The Kier molecular flexibility index (Phi) is 6.78. The Bertz CT molecular complexity index is 1250. The van der Waals surface area contributed by atoms with Gasteiger partial charge in [-0.25, -0.2) is 4.79 Å². The van der Waals surface area contributed by atoms with Crippen LogP contribution in [-0.4, -0.2) is 24.5 Å².